The molecule has 4 aromatic rings. The molecular weight excluding hydrogens is 444 g/mol. The fourth-order valence-electron chi connectivity index (χ4n) is 3.96. The van der Waals surface area contributed by atoms with Crippen molar-refractivity contribution < 1.29 is 9.59 Å². The second-order valence-corrected chi connectivity index (χ2v) is 9.44. The molecule has 0 saturated heterocycles. The first-order valence-corrected chi connectivity index (χ1v) is 12.0. The summed E-state index contributed by atoms with van der Waals surface area (Å²) in [5.41, 5.74) is 4.52. The van der Waals surface area contributed by atoms with Gasteiger partial charge >= 0.3 is 0 Å². The Kier molecular flexibility index (Phi) is 6.18. The fourth-order valence-corrected chi connectivity index (χ4v) is 5.06. The van der Waals surface area contributed by atoms with Crippen molar-refractivity contribution in [1.29, 1.82) is 0 Å². The number of carbonyl (C=O) groups excluding carboxylic acids is 2. The number of rotatable bonds is 6. The van der Waals surface area contributed by atoms with Gasteiger partial charge in [-0.3, -0.25) is 9.59 Å². The summed E-state index contributed by atoms with van der Waals surface area (Å²) < 4.78 is 1.84. The molecule has 1 atom stereocenters. The zero-order chi connectivity index (χ0) is 23.5. The molecule has 0 spiro atoms. The highest BCUT2D eigenvalue weighted by atomic mass is 32.2. The second-order valence-electron chi connectivity index (χ2n) is 8.19. The Bertz CT molecular complexity index is 1320. The van der Waals surface area contributed by atoms with Crippen molar-refractivity contribution in [3.8, 4) is 16.9 Å². The number of thioether (sulfide) groups is 1. The van der Waals surface area contributed by atoms with Gasteiger partial charge in [-0.25, -0.2) is 4.68 Å². The average molecular weight is 469 g/mol. The van der Waals surface area contributed by atoms with Crippen LogP contribution in [0.5, 0.6) is 0 Å². The van der Waals surface area contributed by atoms with E-state index >= 15 is 0 Å². The van der Waals surface area contributed by atoms with Gasteiger partial charge in [-0.2, -0.15) is 5.10 Å². The highest BCUT2D eigenvalue weighted by molar-refractivity contribution is 8.01. The summed E-state index contributed by atoms with van der Waals surface area (Å²) in [6.07, 6.45) is 2.11. The lowest BCUT2D eigenvalue weighted by Gasteiger charge is -2.25. The van der Waals surface area contributed by atoms with E-state index in [1.54, 1.807) is 11.9 Å². The normalized spacial score (nSPS) is 14.9. The van der Waals surface area contributed by atoms with Crippen molar-refractivity contribution in [2.45, 2.75) is 23.1 Å². The highest BCUT2D eigenvalue weighted by Crippen LogP contribution is 2.37. The summed E-state index contributed by atoms with van der Waals surface area (Å²) in [4.78, 5) is 28.3. The van der Waals surface area contributed by atoms with Crippen LogP contribution in [0.2, 0.25) is 0 Å². The molecule has 0 saturated carbocycles. The van der Waals surface area contributed by atoms with E-state index in [9.17, 15) is 9.59 Å². The number of anilines is 1. The second kappa shape index (κ2) is 9.57. The largest absolute Gasteiger partial charge is 0.341 e. The van der Waals surface area contributed by atoms with Crippen LogP contribution < -0.4 is 5.32 Å². The molecule has 170 valence electrons. The lowest BCUT2D eigenvalue weighted by molar-refractivity contribution is -0.131. The van der Waals surface area contributed by atoms with Gasteiger partial charge in [-0.15, -0.1) is 11.8 Å². The minimum atomic E-state index is -0.453. The minimum Gasteiger partial charge on any atom is -0.341 e. The number of carbonyl (C=O) groups is 2. The van der Waals surface area contributed by atoms with Gasteiger partial charge in [0.1, 0.15) is 0 Å². The first-order chi connectivity index (χ1) is 16.6. The molecule has 1 unspecified atom stereocenters. The maximum atomic E-state index is 13.1. The van der Waals surface area contributed by atoms with Gasteiger partial charge in [0.25, 0.3) is 0 Å². The van der Waals surface area contributed by atoms with Crippen molar-refractivity contribution in [2.24, 2.45) is 0 Å². The Morgan fingerprint density at radius 3 is 2.44 bits per heavy atom. The SMILES string of the molecule is CN(Cc1cn(-c2ccccc2)nc1-c1ccccc1)C(=O)CC1Sc2ccccc2NC1=O. The number of para-hydroxylation sites is 2. The van der Waals surface area contributed by atoms with Crippen LogP contribution >= 0.6 is 11.8 Å². The lowest BCUT2D eigenvalue weighted by Crippen LogP contribution is -2.35. The Morgan fingerprint density at radius 1 is 1.00 bits per heavy atom. The van der Waals surface area contributed by atoms with E-state index in [1.807, 2.05) is 95.8 Å². The molecule has 0 radical (unpaired) electrons. The van der Waals surface area contributed by atoms with E-state index in [4.69, 9.17) is 5.10 Å². The summed E-state index contributed by atoms with van der Waals surface area (Å²) in [5, 5.41) is 7.29. The first kappa shape index (κ1) is 22.0. The molecule has 34 heavy (non-hydrogen) atoms. The number of benzene rings is 3. The topological polar surface area (TPSA) is 67.2 Å². The van der Waals surface area contributed by atoms with Crippen LogP contribution in [0.25, 0.3) is 16.9 Å². The predicted octanol–water partition coefficient (Wildman–Crippen LogP) is 5.00. The molecule has 0 fully saturated rings. The van der Waals surface area contributed by atoms with Crippen LogP contribution in [0.4, 0.5) is 5.69 Å². The summed E-state index contributed by atoms with van der Waals surface area (Å²) in [6.45, 7) is 0.394. The Balaban J connectivity index is 1.35. The van der Waals surface area contributed by atoms with E-state index < -0.39 is 5.25 Å². The zero-order valence-electron chi connectivity index (χ0n) is 18.7. The first-order valence-electron chi connectivity index (χ1n) is 11.1. The average Bonchev–Trinajstić information content (AvgIpc) is 3.29. The summed E-state index contributed by atoms with van der Waals surface area (Å²) in [6, 6.07) is 27.5. The van der Waals surface area contributed by atoms with E-state index in [1.165, 1.54) is 11.8 Å². The molecule has 1 aromatic heterocycles. The van der Waals surface area contributed by atoms with E-state index in [2.05, 4.69) is 5.32 Å². The van der Waals surface area contributed by atoms with Gasteiger partial charge in [0.2, 0.25) is 11.8 Å². The summed E-state index contributed by atoms with van der Waals surface area (Å²) >= 11 is 1.44. The van der Waals surface area contributed by atoms with E-state index in [-0.39, 0.29) is 18.2 Å². The van der Waals surface area contributed by atoms with Crippen LogP contribution in [-0.2, 0) is 16.1 Å². The number of fused-ring (bicyclic) bond motifs is 1. The van der Waals surface area contributed by atoms with Gasteiger partial charge in [0.15, 0.2) is 0 Å². The summed E-state index contributed by atoms with van der Waals surface area (Å²) in [5.74, 6) is -0.217. The third-order valence-electron chi connectivity index (χ3n) is 5.76. The summed E-state index contributed by atoms with van der Waals surface area (Å²) in [7, 11) is 1.77. The molecular formula is C27H24N4O2S. The number of hydrogen-bond donors (Lipinski definition) is 1. The Hall–Kier alpha value is -3.84. The van der Waals surface area contributed by atoms with Gasteiger partial charge in [-0.05, 0) is 24.3 Å². The lowest BCUT2D eigenvalue weighted by atomic mass is 10.1. The third kappa shape index (κ3) is 4.61. The van der Waals surface area contributed by atoms with Crippen molar-refractivity contribution >= 4 is 29.3 Å². The maximum Gasteiger partial charge on any atom is 0.238 e. The number of hydrogen-bond acceptors (Lipinski definition) is 4. The van der Waals surface area contributed by atoms with Crippen LogP contribution in [0.3, 0.4) is 0 Å². The standard InChI is InChI=1S/C27H24N4O2S/c1-30(25(32)16-24-27(33)28-22-14-8-9-15-23(22)34-24)17-20-18-31(21-12-6-3-7-13-21)29-26(20)19-10-4-2-5-11-19/h2-15,18,24H,16-17H2,1H3,(H,28,33). The smallest absolute Gasteiger partial charge is 0.238 e. The molecule has 1 N–H and O–H groups in total. The fraction of sp³-hybridized carbons (Fsp3) is 0.148. The van der Waals surface area contributed by atoms with Crippen LogP contribution in [0.1, 0.15) is 12.0 Å². The van der Waals surface area contributed by atoms with E-state index in [0.717, 1.165) is 33.1 Å². The van der Waals surface area contributed by atoms with Gasteiger partial charge in [-0.1, -0.05) is 60.7 Å². The van der Waals surface area contributed by atoms with Crippen molar-refractivity contribution in [3.05, 3.63) is 96.7 Å². The Morgan fingerprint density at radius 2 is 1.68 bits per heavy atom. The predicted molar refractivity (Wildman–Crippen MR) is 135 cm³/mol. The third-order valence-corrected chi connectivity index (χ3v) is 7.03. The maximum absolute atomic E-state index is 13.1. The van der Waals surface area contributed by atoms with Crippen LogP contribution in [0, 0.1) is 0 Å². The molecule has 1 aliphatic rings. The van der Waals surface area contributed by atoms with Gasteiger partial charge in [0, 0.05) is 42.2 Å². The molecule has 1 aliphatic heterocycles. The molecule has 0 aliphatic carbocycles. The molecule has 5 rings (SSSR count). The number of nitrogens with one attached hydrogen (secondary N) is 1. The molecule has 6 nitrogen and oxygen atoms in total. The number of nitrogens with zero attached hydrogens (tertiary/aromatic N) is 3. The molecule has 2 heterocycles. The quantitative estimate of drug-likeness (QED) is 0.432. The van der Waals surface area contributed by atoms with Gasteiger partial charge < -0.3 is 10.2 Å². The monoisotopic (exact) mass is 468 g/mol. The van der Waals surface area contributed by atoms with E-state index in [0.29, 0.717) is 6.54 Å². The molecule has 0 bridgehead atoms. The van der Waals surface area contributed by atoms with Crippen LogP contribution in [0.15, 0.2) is 96.0 Å². The van der Waals surface area contributed by atoms with Gasteiger partial charge in [0.05, 0.1) is 22.3 Å². The Labute approximate surface area is 202 Å². The molecule has 2 amide bonds. The van der Waals surface area contributed by atoms with Crippen molar-refractivity contribution in [3.63, 3.8) is 0 Å². The number of amides is 2. The zero-order valence-corrected chi connectivity index (χ0v) is 19.5. The molecule has 3 aromatic carbocycles. The van der Waals surface area contributed by atoms with Crippen molar-refractivity contribution in [2.75, 3.05) is 12.4 Å². The highest BCUT2D eigenvalue weighted by Gasteiger charge is 2.30. The van der Waals surface area contributed by atoms with Crippen molar-refractivity contribution in [1.82, 2.24) is 14.7 Å². The number of aromatic nitrogens is 2. The van der Waals surface area contributed by atoms with Crippen LogP contribution in [-0.4, -0.2) is 38.8 Å². The molecule has 7 heteroatoms. The minimum absolute atomic E-state index is 0.0847.